The number of benzene rings is 8. The molecule has 46 heavy (non-hydrogen) atoms. The predicted octanol–water partition coefficient (Wildman–Crippen LogP) is 12.1. The van der Waals surface area contributed by atoms with Crippen LogP contribution in [0.2, 0.25) is 0 Å². The highest BCUT2D eigenvalue weighted by atomic mass is 32.2. The Labute approximate surface area is 272 Å². The van der Waals surface area contributed by atoms with Crippen molar-refractivity contribution in [3.8, 4) is 44.5 Å². The van der Waals surface area contributed by atoms with Crippen molar-refractivity contribution in [3.63, 3.8) is 0 Å². The van der Waals surface area contributed by atoms with Gasteiger partial charge in [0.15, 0.2) is 0 Å². The lowest BCUT2D eigenvalue weighted by molar-refractivity contribution is 0.795. The standard InChI is InChI=1S/C45H26S/c1-2-12-31-27(9-1)20-23-39-44(31)35-14-4-6-17-38(35)45(39)37-16-5-3-13-32(37)33-22-19-30(26-40(33)45)29-21-24-41-36(25-29)34-15-7-10-28-11-8-18-42(46-41)43(28)34/h1-26H. The Balaban J connectivity index is 1.19. The average molecular weight is 599 g/mol. The van der Waals surface area contributed by atoms with Crippen molar-refractivity contribution in [2.24, 2.45) is 0 Å². The van der Waals surface area contributed by atoms with Gasteiger partial charge >= 0.3 is 0 Å². The van der Waals surface area contributed by atoms with Gasteiger partial charge in [-0.15, -0.1) is 0 Å². The van der Waals surface area contributed by atoms with E-state index in [2.05, 4.69) is 158 Å². The van der Waals surface area contributed by atoms with Crippen LogP contribution in [0.5, 0.6) is 0 Å². The fourth-order valence-electron chi connectivity index (χ4n) is 8.83. The van der Waals surface area contributed by atoms with Crippen molar-refractivity contribution in [1.82, 2.24) is 0 Å². The van der Waals surface area contributed by atoms with Crippen molar-refractivity contribution in [2.45, 2.75) is 15.2 Å². The summed E-state index contributed by atoms with van der Waals surface area (Å²) in [6, 6.07) is 59.5. The van der Waals surface area contributed by atoms with E-state index in [4.69, 9.17) is 0 Å². The third-order valence-electron chi connectivity index (χ3n) is 10.7. The Kier molecular flexibility index (Phi) is 4.80. The molecule has 3 aliphatic rings. The van der Waals surface area contributed by atoms with Gasteiger partial charge in [0.1, 0.15) is 0 Å². The predicted molar refractivity (Wildman–Crippen MR) is 193 cm³/mol. The highest BCUT2D eigenvalue weighted by Crippen LogP contribution is 2.64. The molecule has 0 saturated carbocycles. The maximum absolute atomic E-state index is 2.50. The van der Waals surface area contributed by atoms with Crippen LogP contribution in [0.1, 0.15) is 22.3 Å². The second kappa shape index (κ2) is 8.88. The smallest absolute Gasteiger partial charge is 0.0725 e. The minimum absolute atomic E-state index is 0.369. The van der Waals surface area contributed by atoms with Crippen LogP contribution in [-0.2, 0) is 5.41 Å². The fourth-order valence-corrected chi connectivity index (χ4v) is 9.96. The molecule has 1 atom stereocenters. The zero-order chi connectivity index (χ0) is 30.0. The molecule has 0 bridgehead atoms. The molecular formula is C45H26S. The van der Waals surface area contributed by atoms with E-state index < -0.39 is 0 Å². The lowest BCUT2D eigenvalue weighted by atomic mass is 9.70. The monoisotopic (exact) mass is 598 g/mol. The molecule has 1 unspecified atom stereocenters. The summed E-state index contributed by atoms with van der Waals surface area (Å²) < 4.78 is 0. The Bertz CT molecular complexity index is 2620. The molecule has 1 spiro atoms. The fraction of sp³-hybridized carbons (Fsp3) is 0.0222. The molecule has 0 N–H and O–H groups in total. The second-order valence-corrected chi connectivity index (χ2v) is 13.9. The Morgan fingerprint density at radius 2 is 1.04 bits per heavy atom. The summed E-state index contributed by atoms with van der Waals surface area (Å²) in [6.07, 6.45) is 0. The van der Waals surface area contributed by atoms with Crippen molar-refractivity contribution in [3.05, 3.63) is 180 Å². The number of fused-ring (bicyclic) bond motifs is 14. The molecule has 1 heteroatoms. The van der Waals surface area contributed by atoms with Crippen LogP contribution in [0.15, 0.2) is 168 Å². The second-order valence-electron chi connectivity index (χ2n) is 12.8. The molecule has 0 amide bonds. The number of rotatable bonds is 1. The van der Waals surface area contributed by atoms with E-state index in [1.54, 1.807) is 0 Å². The lowest BCUT2D eigenvalue weighted by Crippen LogP contribution is -2.25. The Hall–Kier alpha value is -5.37. The molecule has 0 aromatic heterocycles. The first kappa shape index (κ1) is 24.9. The van der Waals surface area contributed by atoms with E-state index in [1.165, 1.54) is 98.1 Å². The topological polar surface area (TPSA) is 0 Å². The number of hydrogen-bond donors (Lipinski definition) is 0. The number of hydrogen-bond acceptors (Lipinski definition) is 1. The molecule has 2 aliphatic carbocycles. The van der Waals surface area contributed by atoms with Gasteiger partial charge in [0.05, 0.1) is 5.41 Å². The summed E-state index contributed by atoms with van der Waals surface area (Å²) in [6.45, 7) is 0. The average Bonchev–Trinajstić information content (AvgIpc) is 3.59. The molecule has 8 aromatic carbocycles. The highest BCUT2D eigenvalue weighted by molar-refractivity contribution is 7.99. The normalized spacial score (nSPS) is 16.3. The summed E-state index contributed by atoms with van der Waals surface area (Å²) in [7, 11) is 0. The van der Waals surface area contributed by atoms with Crippen LogP contribution in [0.25, 0.3) is 66.1 Å². The summed E-state index contributed by atoms with van der Waals surface area (Å²) >= 11 is 1.89. The van der Waals surface area contributed by atoms with Crippen molar-refractivity contribution in [2.75, 3.05) is 0 Å². The molecule has 0 saturated heterocycles. The van der Waals surface area contributed by atoms with Gasteiger partial charge in [-0.3, -0.25) is 0 Å². The van der Waals surface area contributed by atoms with Gasteiger partial charge in [-0.05, 0) is 107 Å². The Morgan fingerprint density at radius 3 is 1.96 bits per heavy atom. The van der Waals surface area contributed by atoms with E-state index in [-0.39, 0.29) is 5.41 Å². The van der Waals surface area contributed by atoms with Gasteiger partial charge in [-0.2, -0.15) is 0 Å². The lowest BCUT2D eigenvalue weighted by Gasteiger charge is -2.31. The maximum atomic E-state index is 2.50. The molecule has 1 heterocycles. The van der Waals surface area contributed by atoms with Crippen LogP contribution in [0.4, 0.5) is 0 Å². The maximum Gasteiger partial charge on any atom is 0.0725 e. The summed E-state index contributed by atoms with van der Waals surface area (Å²) in [5, 5.41) is 5.29. The summed E-state index contributed by atoms with van der Waals surface area (Å²) in [4.78, 5) is 2.67. The van der Waals surface area contributed by atoms with Crippen LogP contribution in [0.3, 0.4) is 0 Å². The van der Waals surface area contributed by atoms with Gasteiger partial charge in [0, 0.05) is 15.2 Å². The summed E-state index contributed by atoms with van der Waals surface area (Å²) in [5.74, 6) is 0. The minimum Gasteiger partial charge on any atom is -0.0888 e. The molecular weight excluding hydrogens is 573 g/mol. The van der Waals surface area contributed by atoms with Gasteiger partial charge < -0.3 is 0 Å². The largest absolute Gasteiger partial charge is 0.0888 e. The minimum atomic E-state index is -0.369. The van der Waals surface area contributed by atoms with Crippen LogP contribution in [-0.4, -0.2) is 0 Å². The molecule has 212 valence electrons. The van der Waals surface area contributed by atoms with E-state index in [9.17, 15) is 0 Å². The molecule has 11 rings (SSSR count). The first-order valence-electron chi connectivity index (χ1n) is 16.0. The first-order chi connectivity index (χ1) is 22.8. The third-order valence-corrected chi connectivity index (χ3v) is 11.8. The van der Waals surface area contributed by atoms with E-state index in [0.29, 0.717) is 0 Å². The van der Waals surface area contributed by atoms with Gasteiger partial charge in [0.25, 0.3) is 0 Å². The van der Waals surface area contributed by atoms with Crippen LogP contribution < -0.4 is 0 Å². The molecule has 0 nitrogen and oxygen atoms in total. The molecule has 8 aromatic rings. The van der Waals surface area contributed by atoms with Gasteiger partial charge in [0.2, 0.25) is 0 Å². The van der Waals surface area contributed by atoms with Crippen molar-refractivity contribution < 1.29 is 0 Å². The Morgan fingerprint density at radius 1 is 0.370 bits per heavy atom. The van der Waals surface area contributed by atoms with Crippen molar-refractivity contribution in [1.29, 1.82) is 0 Å². The van der Waals surface area contributed by atoms with Crippen molar-refractivity contribution >= 4 is 33.3 Å². The van der Waals surface area contributed by atoms with E-state index in [1.807, 2.05) is 11.8 Å². The SMILES string of the molecule is c1ccc2c(c1)-c1ccc(-c3ccc4c(c3)-c3cccc5cccc(c35)S4)cc1C21c2ccccc2-c2c1ccc1ccccc21. The first-order valence-corrected chi connectivity index (χ1v) is 16.8. The van der Waals surface area contributed by atoms with Crippen LogP contribution in [0, 0.1) is 0 Å². The van der Waals surface area contributed by atoms with E-state index >= 15 is 0 Å². The molecule has 1 aliphatic heterocycles. The van der Waals surface area contributed by atoms with Gasteiger partial charge in [-0.25, -0.2) is 0 Å². The zero-order valence-corrected chi connectivity index (χ0v) is 25.7. The zero-order valence-electron chi connectivity index (χ0n) is 24.9. The third kappa shape index (κ3) is 3.02. The highest BCUT2D eigenvalue weighted by Gasteiger charge is 2.52. The van der Waals surface area contributed by atoms with Gasteiger partial charge in [-0.1, -0.05) is 145 Å². The molecule has 0 radical (unpaired) electrons. The molecule has 0 fully saturated rings. The summed E-state index contributed by atoms with van der Waals surface area (Å²) in [5.41, 5.74) is 15.7. The quantitative estimate of drug-likeness (QED) is 0.181. The van der Waals surface area contributed by atoms with Crippen LogP contribution >= 0.6 is 11.8 Å². The van der Waals surface area contributed by atoms with E-state index in [0.717, 1.165) is 0 Å².